The first kappa shape index (κ1) is 42.2. The van der Waals surface area contributed by atoms with Gasteiger partial charge in [0.2, 0.25) is 6.10 Å². The van der Waals surface area contributed by atoms with Crippen LogP contribution in [0.2, 0.25) is 0 Å². The van der Waals surface area contributed by atoms with Crippen LogP contribution in [0.4, 0.5) is 0 Å². The molecule has 0 fully saturated rings. The van der Waals surface area contributed by atoms with Crippen molar-refractivity contribution in [1.29, 1.82) is 0 Å². The highest BCUT2D eigenvalue weighted by atomic mass is 16.6. The first-order valence-electron chi connectivity index (χ1n) is 19.7. The first-order chi connectivity index (χ1) is 28.2. The number of hydrogen-bond acceptors (Lipinski definition) is 13. The maximum Gasteiger partial charge on any atom is 0.345 e. The Labute approximate surface area is 341 Å². The Morgan fingerprint density at radius 3 is 2.19 bits per heavy atom. The van der Waals surface area contributed by atoms with Gasteiger partial charge in [0.25, 0.3) is 0 Å². The molecule has 14 nitrogen and oxygen atoms in total. The summed E-state index contributed by atoms with van der Waals surface area (Å²) in [5, 5.41) is 102. The number of carbonyl (C=O) groups excluding carboxylic acids is 1. The number of nitrogens with one attached hydrogen (secondary N) is 2. The second kappa shape index (κ2) is 18.0. The zero-order valence-corrected chi connectivity index (χ0v) is 32.8. The van der Waals surface area contributed by atoms with E-state index in [-0.39, 0.29) is 46.6 Å². The smallest absolute Gasteiger partial charge is 0.345 e. The van der Waals surface area contributed by atoms with Crippen LogP contribution in [0, 0.1) is 0 Å². The number of phenols is 8. The predicted octanol–water partition coefficient (Wildman–Crippen LogP) is 6.31. The molecule has 0 amide bonds. The highest BCUT2D eigenvalue weighted by molar-refractivity contribution is 5.98. The molecule has 0 heterocycles. The number of fused-ring (bicyclic) bond motifs is 4. The van der Waals surface area contributed by atoms with Crippen molar-refractivity contribution in [1.82, 2.24) is 10.6 Å². The fraction of sp³-hybridized carbons (Fsp3) is 0.333. The van der Waals surface area contributed by atoms with Crippen LogP contribution in [0.3, 0.4) is 0 Å². The van der Waals surface area contributed by atoms with Crippen LogP contribution >= 0.6 is 0 Å². The van der Waals surface area contributed by atoms with Gasteiger partial charge >= 0.3 is 11.9 Å². The molecule has 2 aliphatic carbocycles. The van der Waals surface area contributed by atoms with Gasteiger partial charge in [-0.25, -0.2) is 9.59 Å². The van der Waals surface area contributed by atoms with Crippen LogP contribution in [-0.4, -0.2) is 90.2 Å². The van der Waals surface area contributed by atoms with Crippen molar-refractivity contribution in [3.8, 4) is 57.1 Å². The molecular weight excluding hydrogens is 760 g/mol. The molecule has 4 aromatic carbocycles. The van der Waals surface area contributed by atoms with E-state index in [4.69, 9.17) is 4.74 Å². The molecule has 3 atom stereocenters. The number of carbonyl (C=O) groups is 2. The summed E-state index contributed by atoms with van der Waals surface area (Å²) in [6.07, 6.45) is 5.54. The normalized spacial score (nSPS) is 15.7. The van der Waals surface area contributed by atoms with Gasteiger partial charge in [0, 0.05) is 35.2 Å². The second-order valence-corrected chi connectivity index (χ2v) is 14.9. The van der Waals surface area contributed by atoms with Crippen molar-refractivity contribution in [3.63, 3.8) is 0 Å². The minimum absolute atomic E-state index is 0.0448. The molecule has 312 valence electrons. The van der Waals surface area contributed by atoms with Gasteiger partial charge in [-0.05, 0) is 139 Å². The van der Waals surface area contributed by atoms with Gasteiger partial charge in [-0.1, -0.05) is 32.1 Å². The summed E-state index contributed by atoms with van der Waals surface area (Å²) in [5.74, 6) is -7.44. The number of carboxylic acid groups (broad SMARTS) is 1. The number of allylic oxidation sites excluding steroid dienone is 1. The van der Waals surface area contributed by atoms with Gasteiger partial charge in [0.15, 0.2) is 40.2 Å². The van der Waals surface area contributed by atoms with Crippen LogP contribution in [0.5, 0.6) is 46.0 Å². The van der Waals surface area contributed by atoms with Crippen molar-refractivity contribution in [2.24, 2.45) is 0 Å². The Bertz CT molecular complexity index is 2290. The third-order valence-electron chi connectivity index (χ3n) is 11.1. The van der Waals surface area contributed by atoms with E-state index in [9.17, 15) is 55.5 Å². The molecule has 0 aromatic heterocycles. The number of phenolic OH excluding ortho intramolecular Hbond substituents is 8. The molecule has 0 bridgehead atoms. The minimum atomic E-state index is -1.82. The Hall–Kier alpha value is -6.38. The van der Waals surface area contributed by atoms with Gasteiger partial charge < -0.3 is 61.3 Å². The van der Waals surface area contributed by atoms with E-state index in [2.05, 4.69) is 10.6 Å². The van der Waals surface area contributed by atoms with E-state index in [1.807, 2.05) is 13.0 Å². The van der Waals surface area contributed by atoms with Crippen LogP contribution in [0.25, 0.3) is 28.9 Å². The Morgan fingerprint density at radius 1 is 0.814 bits per heavy atom. The van der Waals surface area contributed by atoms with Gasteiger partial charge in [0.1, 0.15) is 5.75 Å². The number of aromatic hydroxyl groups is 8. The lowest BCUT2D eigenvalue weighted by Gasteiger charge is -2.30. The van der Waals surface area contributed by atoms with Crippen molar-refractivity contribution >= 4 is 29.7 Å². The molecular formula is C45H50N2O12. The van der Waals surface area contributed by atoms with E-state index in [0.717, 1.165) is 30.3 Å². The monoisotopic (exact) mass is 810 g/mol. The number of carboxylic acids is 1. The summed E-state index contributed by atoms with van der Waals surface area (Å²) < 4.78 is 5.49. The number of ether oxygens (including phenoxy) is 1. The van der Waals surface area contributed by atoms with E-state index < -0.39 is 47.0 Å². The fourth-order valence-corrected chi connectivity index (χ4v) is 8.31. The third-order valence-corrected chi connectivity index (χ3v) is 11.1. The average Bonchev–Trinajstić information content (AvgIpc) is 3.41. The number of esters is 1. The van der Waals surface area contributed by atoms with Crippen molar-refractivity contribution in [2.45, 2.75) is 70.3 Å². The van der Waals surface area contributed by atoms with Crippen molar-refractivity contribution in [2.75, 3.05) is 26.2 Å². The zero-order valence-electron chi connectivity index (χ0n) is 32.8. The summed E-state index contributed by atoms with van der Waals surface area (Å²) in [6, 6.07) is 10.1. The summed E-state index contributed by atoms with van der Waals surface area (Å²) >= 11 is 0. The summed E-state index contributed by atoms with van der Waals surface area (Å²) in [6.45, 7) is 5.58. The fourth-order valence-electron chi connectivity index (χ4n) is 8.31. The predicted molar refractivity (Wildman–Crippen MR) is 221 cm³/mol. The molecule has 0 aliphatic heterocycles. The molecule has 0 saturated carbocycles. The number of benzene rings is 4. The lowest BCUT2D eigenvalue weighted by Crippen LogP contribution is -2.38. The van der Waals surface area contributed by atoms with E-state index in [1.165, 1.54) is 18.2 Å². The zero-order chi connectivity index (χ0) is 42.5. The lowest BCUT2D eigenvalue weighted by molar-refractivity contribution is -0.162. The molecule has 0 spiro atoms. The highest BCUT2D eigenvalue weighted by Crippen LogP contribution is 2.53. The second-order valence-electron chi connectivity index (χ2n) is 14.9. The summed E-state index contributed by atoms with van der Waals surface area (Å²) in [5.41, 5.74) is 5.23. The van der Waals surface area contributed by atoms with E-state index in [1.54, 1.807) is 25.1 Å². The molecule has 2 aliphatic rings. The van der Waals surface area contributed by atoms with Gasteiger partial charge in [-0.15, -0.1) is 0 Å². The molecule has 11 N–H and O–H groups in total. The van der Waals surface area contributed by atoms with Crippen LogP contribution < -0.4 is 10.6 Å². The Balaban J connectivity index is 1.45. The average molecular weight is 811 g/mol. The largest absolute Gasteiger partial charge is 0.508 e. The Morgan fingerprint density at radius 2 is 1.49 bits per heavy atom. The standard InChI is InChI=1S/C45H50N2O12/c1-3-46-15-7-8-24-16-25(31-21-37(52)41(54)29-11-5-9-27-28(40(29)31)10-6-12-33(27)48)17-30-23(18-36(51)43(56)39(24)30)13-14-38(53)59-44(45(57)58)32(22-47-4-2)26-19-34(49)42(55)35(50)20-26/h6,10,12-14,17-21,24,32,44,46-52,54-56H,3-5,7-9,11,15-16,22H2,1-2H3,(H,57,58). The maximum absolute atomic E-state index is 13.5. The molecule has 6 rings (SSSR count). The minimum Gasteiger partial charge on any atom is -0.508 e. The van der Waals surface area contributed by atoms with Crippen molar-refractivity contribution in [3.05, 3.63) is 87.5 Å². The van der Waals surface area contributed by atoms with E-state index >= 15 is 0 Å². The van der Waals surface area contributed by atoms with Crippen LogP contribution in [0.15, 0.2) is 48.5 Å². The van der Waals surface area contributed by atoms with E-state index in [0.29, 0.717) is 90.6 Å². The van der Waals surface area contributed by atoms with Gasteiger partial charge in [-0.3, -0.25) is 0 Å². The molecule has 0 radical (unpaired) electrons. The molecule has 14 heteroatoms. The van der Waals surface area contributed by atoms with Crippen LogP contribution in [-0.2, 0) is 27.2 Å². The molecule has 3 unspecified atom stereocenters. The molecule has 4 aromatic rings. The van der Waals surface area contributed by atoms with Gasteiger partial charge in [-0.2, -0.15) is 0 Å². The lowest BCUT2D eigenvalue weighted by atomic mass is 9.75. The number of aliphatic carboxylic acids is 1. The molecule has 0 saturated heterocycles. The third kappa shape index (κ3) is 8.74. The Kier molecular flexibility index (Phi) is 12.9. The topological polar surface area (TPSA) is 249 Å². The number of likely N-dealkylation sites (N-methyl/N-ethyl adjacent to an activating group) is 1. The first-order valence-corrected chi connectivity index (χ1v) is 19.7. The van der Waals surface area contributed by atoms with Crippen molar-refractivity contribution < 1.29 is 60.3 Å². The summed E-state index contributed by atoms with van der Waals surface area (Å²) in [7, 11) is 0. The highest BCUT2D eigenvalue weighted by Gasteiger charge is 2.35. The molecule has 59 heavy (non-hydrogen) atoms. The van der Waals surface area contributed by atoms with Crippen LogP contribution in [0.1, 0.15) is 90.3 Å². The number of hydrogen-bond donors (Lipinski definition) is 11. The number of rotatable bonds is 15. The van der Waals surface area contributed by atoms with Gasteiger partial charge in [0.05, 0.1) is 0 Å². The summed E-state index contributed by atoms with van der Waals surface area (Å²) in [4.78, 5) is 26.0. The SMILES string of the molecule is CCNCCCC1CC(c2cc(O)c(O)c3c2-c2cccc(O)c2CCC3)=Cc2c(C=CC(=O)OC(C(=O)O)C(CNCC)c3cc(O)c(O)c(O)c3)cc(O)c(O)c21. The maximum atomic E-state index is 13.5. The quantitative estimate of drug-likeness (QED) is 0.0273.